The van der Waals surface area contributed by atoms with E-state index in [0.29, 0.717) is 17.5 Å². The minimum atomic E-state index is -1.66. The van der Waals surface area contributed by atoms with Crippen LogP contribution in [0.3, 0.4) is 0 Å². The number of carbonyl (C=O) groups excluding carboxylic acids is 1. The Hall–Kier alpha value is -2.33. The van der Waals surface area contributed by atoms with Gasteiger partial charge in [0, 0.05) is 5.56 Å². The fraction of sp³-hybridized carbons (Fsp3) is 0.409. The number of carbonyl (C=O) groups is 1. The van der Waals surface area contributed by atoms with Crippen molar-refractivity contribution in [1.82, 2.24) is 0 Å². The Bertz CT molecular complexity index is 925. The number of methoxy groups -OCH3 is 1. The average Bonchev–Trinajstić information content (AvgIpc) is 3.13. The van der Waals surface area contributed by atoms with Crippen molar-refractivity contribution in [2.45, 2.75) is 43.2 Å². The van der Waals surface area contributed by atoms with Crippen molar-refractivity contribution in [3.05, 3.63) is 70.3 Å². The highest BCUT2D eigenvalue weighted by Gasteiger charge is 2.58. The summed E-state index contributed by atoms with van der Waals surface area (Å²) in [5, 5.41) is 40.5. The number of benzene rings is 2. The van der Waals surface area contributed by atoms with E-state index < -0.39 is 42.8 Å². The Labute approximate surface area is 173 Å². The van der Waals surface area contributed by atoms with Gasteiger partial charge in [-0.3, -0.25) is 0 Å². The van der Waals surface area contributed by atoms with E-state index in [9.17, 15) is 25.2 Å². The van der Waals surface area contributed by atoms with Gasteiger partial charge in [0.25, 0.3) is 0 Å². The zero-order valence-corrected chi connectivity index (χ0v) is 16.4. The van der Waals surface area contributed by atoms with E-state index in [1.165, 1.54) is 7.11 Å². The molecule has 5 atom stereocenters. The van der Waals surface area contributed by atoms with Crippen molar-refractivity contribution >= 4 is 5.97 Å². The van der Waals surface area contributed by atoms with Gasteiger partial charge in [0.2, 0.25) is 5.79 Å². The minimum Gasteiger partial charge on any atom is -0.465 e. The summed E-state index contributed by atoms with van der Waals surface area (Å²) in [5.74, 6) is -2.06. The highest BCUT2D eigenvalue weighted by atomic mass is 16.7. The highest BCUT2D eigenvalue weighted by molar-refractivity contribution is 5.89. The van der Waals surface area contributed by atoms with Crippen LogP contribution in [-0.4, -0.2) is 64.5 Å². The molecule has 0 aliphatic carbocycles. The zero-order valence-electron chi connectivity index (χ0n) is 16.4. The monoisotopic (exact) mass is 416 g/mol. The second kappa shape index (κ2) is 8.07. The molecule has 30 heavy (non-hydrogen) atoms. The van der Waals surface area contributed by atoms with E-state index in [-0.39, 0.29) is 6.61 Å². The first kappa shape index (κ1) is 20.9. The lowest BCUT2D eigenvalue weighted by molar-refractivity contribution is -0.368. The maximum absolute atomic E-state index is 11.6. The van der Waals surface area contributed by atoms with Gasteiger partial charge >= 0.3 is 5.97 Å². The van der Waals surface area contributed by atoms with Gasteiger partial charge in [-0.05, 0) is 41.3 Å². The molecule has 8 heteroatoms. The number of fused-ring (bicyclic) bond motifs is 2. The van der Waals surface area contributed by atoms with Gasteiger partial charge in [0.1, 0.15) is 24.4 Å². The lowest BCUT2D eigenvalue weighted by Gasteiger charge is -2.46. The van der Waals surface area contributed by atoms with Crippen LogP contribution in [0, 0.1) is 0 Å². The summed E-state index contributed by atoms with van der Waals surface area (Å²) in [4.78, 5) is 11.6. The van der Waals surface area contributed by atoms with E-state index in [1.54, 1.807) is 12.1 Å². The van der Waals surface area contributed by atoms with Crippen LogP contribution in [0.25, 0.3) is 0 Å². The Morgan fingerprint density at radius 1 is 1.10 bits per heavy atom. The summed E-state index contributed by atoms with van der Waals surface area (Å²) in [7, 11) is 1.33. The molecule has 0 aromatic heterocycles. The Morgan fingerprint density at radius 3 is 2.47 bits per heavy atom. The molecular weight excluding hydrogens is 392 g/mol. The molecule has 4 rings (SSSR count). The highest BCUT2D eigenvalue weighted by Crippen LogP contribution is 2.46. The van der Waals surface area contributed by atoms with Gasteiger partial charge in [-0.15, -0.1) is 0 Å². The maximum Gasteiger partial charge on any atom is 0.337 e. The predicted molar refractivity (Wildman–Crippen MR) is 103 cm³/mol. The predicted octanol–water partition coefficient (Wildman–Crippen LogP) is 0.221. The van der Waals surface area contributed by atoms with Crippen LogP contribution in [0.2, 0.25) is 0 Å². The van der Waals surface area contributed by atoms with E-state index in [2.05, 4.69) is 0 Å². The molecule has 2 aromatic carbocycles. The Kier molecular flexibility index (Phi) is 5.63. The molecule has 0 saturated carbocycles. The molecule has 0 amide bonds. The standard InChI is InChI=1S/C22H24O8/c1-28-21(27)14-5-2-12(3-6-14)8-13-4-7-15-11-29-22(16(15)9-13)20(26)19(25)18(24)17(10-23)30-22/h2-7,9,17-20,23-26H,8,10-11H2,1H3/t17-,18-,19+,20-,22+/m1/s1. The third-order valence-corrected chi connectivity index (χ3v) is 5.73. The molecule has 1 spiro atoms. The third-order valence-electron chi connectivity index (χ3n) is 5.73. The van der Waals surface area contributed by atoms with Crippen molar-refractivity contribution in [1.29, 1.82) is 0 Å². The summed E-state index contributed by atoms with van der Waals surface area (Å²) >= 11 is 0. The van der Waals surface area contributed by atoms with E-state index in [4.69, 9.17) is 14.2 Å². The molecule has 0 unspecified atom stereocenters. The van der Waals surface area contributed by atoms with Crippen LogP contribution in [0.1, 0.15) is 32.6 Å². The van der Waals surface area contributed by atoms with Crippen molar-refractivity contribution in [3.8, 4) is 0 Å². The summed E-state index contributed by atoms with van der Waals surface area (Å²) in [6.07, 6.45) is -5.03. The lowest BCUT2D eigenvalue weighted by Crippen LogP contribution is -2.63. The van der Waals surface area contributed by atoms with Crippen LogP contribution >= 0.6 is 0 Å². The van der Waals surface area contributed by atoms with Crippen molar-refractivity contribution in [3.63, 3.8) is 0 Å². The summed E-state index contributed by atoms with van der Waals surface area (Å²) in [6, 6.07) is 12.7. The van der Waals surface area contributed by atoms with Gasteiger partial charge in [-0.25, -0.2) is 4.79 Å². The van der Waals surface area contributed by atoms with Gasteiger partial charge < -0.3 is 34.6 Å². The number of hydrogen-bond acceptors (Lipinski definition) is 8. The Morgan fingerprint density at radius 2 is 1.80 bits per heavy atom. The molecule has 2 aliphatic heterocycles. The molecule has 0 radical (unpaired) electrons. The fourth-order valence-corrected chi connectivity index (χ4v) is 4.04. The SMILES string of the molecule is COC(=O)c1ccc(Cc2ccc3c(c2)[C@]2(OC3)O[C@H](CO)[C@@H](O)[C@H](O)[C@H]2O)cc1. The average molecular weight is 416 g/mol. The number of rotatable bonds is 4. The minimum absolute atomic E-state index is 0.168. The second-order valence-electron chi connectivity index (χ2n) is 7.58. The number of esters is 1. The molecule has 0 bridgehead atoms. The molecule has 2 aromatic rings. The van der Waals surface area contributed by atoms with E-state index in [0.717, 1.165) is 16.7 Å². The number of hydrogen-bond donors (Lipinski definition) is 4. The molecule has 8 nitrogen and oxygen atoms in total. The first-order valence-electron chi connectivity index (χ1n) is 9.66. The van der Waals surface area contributed by atoms with Gasteiger partial charge in [-0.2, -0.15) is 0 Å². The van der Waals surface area contributed by atoms with Gasteiger partial charge in [0.15, 0.2) is 0 Å². The second-order valence-corrected chi connectivity index (χ2v) is 7.58. The quantitative estimate of drug-likeness (QED) is 0.522. The van der Waals surface area contributed by atoms with Crippen molar-refractivity contribution in [2.75, 3.05) is 13.7 Å². The maximum atomic E-state index is 11.6. The number of aliphatic hydroxyl groups is 4. The van der Waals surface area contributed by atoms with Crippen LogP contribution in [-0.2, 0) is 33.0 Å². The third kappa shape index (κ3) is 3.41. The summed E-state index contributed by atoms with van der Waals surface area (Å²) in [5.41, 5.74) is 3.68. The molecule has 1 fully saturated rings. The van der Waals surface area contributed by atoms with Gasteiger partial charge in [-0.1, -0.05) is 24.3 Å². The van der Waals surface area contributed by atoms with E-state index >= 15 is 0 Å². The molecule has 4 N–H and O–H groups in total. The number of aliphatic hydroxyl groups excluding tert-OH is 4. The molecule has 1 saturated heterocycles. The van der Waals surface area contributed by atoms with Crippen molar-refractivity contribution in [2.24, 2.45) is 0 Å². The summed E-state index contributed by atoms with van der Waals surface area (Å²) in [6.45, 7) is -0.362. The largest absolute Gasteiger partial charge is 0.465 e. The Balaban J connectivity index is 1.62. The molecule has 2 aliphatic rings. The topological polar surface area (TPSA) is 126 Å². The normalized spacial score (nSPS) is 30.3. The molecular formula is C22H24O8. The first-order valence-corrected chi connectivity index (χ1v) is 9.66. The molecule has 160 valence electrons. The van der Waals surface area contributed by atoms with Crippen LogP contribution < -0.4 is 0 Å². The van der Waals surface area contributed by atoms with Crippen LogP contribution in [0.15, 0.2) is 42.5 Å². The smallest absolute Gasteiger partial charge is 0.337 e. The summed E-state index contributed by atoms with van der Waals surface area (Å²) < 4.78 is 16.3. The van der Waals surface area contributed by atoms with E-state index in [1.807, 2.05) is 30.3 Å². The van der Waals surface area contributed by atoms with Crippen LogP contribution in [0.5, 0.6) is 0 Å². The first-order chi connectivity index (χ1) is 14.4. The van der Waals surface area contributed by atoms with Crippen molar-refractivity contribution < 1.29 is 39.4 Å². The number of ether oxygens (including phenoxy) is 3. The molecule has 2 heterocycles. The fourth-order valence-electron chi connectivity index (χ4n) is 4.04. The zero-order chi connectivity index (χ0) is 21.5. The van der Waals surface area contributed by atoms with Crippen LogP contribution in [0.4, 0.5) is 0 Å². The van der Waals surface area contributed by atoms with Gasteiger partial charge in [0.05, 0.1) is 25.9 Å². The lowest BCUT2D eigenvalue weighted by atomic mass is 9.86.